The van der Waals surface area contributed by atoms with E-state index in [-0.39, 0.29) is 11.9 Å². The molecule has 3 aromatic rings. The average Bonchev–Trinajstić information content (AvgIpc) is 2.61. The number of hydrogen-bond acceptors (Lipinski definition) is 2. The number of pyridine rings is 1. The maximum atomic E-state index is 12.8. The maximum Gasteiger partial charge on any atom is 0.253 e. The lowest BCUT2D eigenvalue weighted by Gasteiger charge is -2.25. The van der Waals surface area contributed by atoms with Gasteiger partial charge in [-0.15, -0.1) is 0 Å². The molecule has 2 aromatic carbocycles. The van der Waals surface area contributed by atoms with Crippen LogP contribution in [0.1, 0.15) is 33.6 Å². The number of fused-ring (bicyclic) bond motifs is 2. The highest BCUT2D eigenvalue weighted by Crippen LogP contribution is 2.23. The van der Waals surface area contributed by atoms with Crippen molar-refractivity contribution in [2.45, 2.75) is 32.2 Å². The van der Waals surface area contributed by atoms with E-state index in [1.807, 2.05) is 31.2 Å². The van der Waals surface area contributed by atoms with Crippen molar-refractivity contribution in [1.29, 1.82) is 0 Å². The first-order valence-electron chi connectivity index (χ1n) is 8.55. The lowest BCUT2D eigenvalue weighted by atomic mass is 9.88. The van der Waals surface area contributed by atoms with Gasteiger partial charge in [-0.05, 0) is 61.6 Å². The van der Waals surface area contributed by atoms with Crippen LogP contribution in [0.2, 0.25) is 5.02 Å². The van der Waals surface area contributed by atoms with Crippen molar-refractivity contribution >= 4 is 28.4 Å². The highest BCUT2D eigenvalue weighted by molar-refractivity contribution is 6.31. The molecule has 0 saturated heterocycles. The largest absolute Gasteiger partial charge is 0.349 e. The van der Waals surface area contributed by atoms with Crippen LogP contribution in [-0.4, -0.2) is 16.9 Å². The van der Waals surface area contributed by atoms with Crippen LogP contribution in [-0.2, 0) is 12.8 Å². The summed E-state index contributed by atoms with van der Waals surface area (Å²) in [7, 11) is 0. The third-order valence-corrected chi connectivity index (χ3v) is 5.13. The molecule has 1 aliphatic carbocycles. The lowest BCUT2D eigenvalue weighted by Crippen LogP contribution is -2.39. The third kappa shape index (κ3) is 3.24. The second kappa shape index (κ2) is 6.49. The van der Waals surface area contributed by atoms with Gasteiger partial charge < -0.3 is 5.32 Å². The third-order valence-electron chi connectivity index (χ3n) is 4.89. The second-order valence-electron chi connectivity index (χ2n) is 6.64. The Balaban J connectivity index is 1.57. The number of rotatable bonds is 2. The molecule has 4 rings (SSSR count). The molecule has 1 amide bonds. The van der Waals surface area contributed by atoms with Crippen molar-refractivity contribution in [3.05, 3.63) is 75.9 Å². The van der Waals surface area contributed by atoms with Crippen molar-refractivity contribution < 1.29 is 4.79 Å². The zero-order valence-electron chi connectivity index (χ0n) is 14.1. The van der Waals surface area contributed by atoms with E-state index >= 15 is 0 Å². The van der Waals surface area contributed by atoms with Gasteiger partial charge in [0.1, 0.15) is 0 Å². The quantitative estimate of drug-likeness (QED) is 0.740. The van der Waals surface area contributed by atoms with E-state index in [2.05, 4.69) is 34.6 Å². The molecule has 1 N–H and O–H groups in total. The van der Waals surface area contributed by atoms with Gasteiger partial charge in [0.25, 0.3) is 5.91 Å². The number of hydrogen-bond donors (Lipinski definition) is 1. The fraction of sp³-hybridized carbons (Fsp3) is 0.238. The van der Waals surface area contributed by atoms with Crippen molar-refractivity contribution in [3.8, 4) is 0 Å². The Morgan fingerprint density at radius 1 is 1.16 bits per heavy atom. The molecule has 3 nitrogen and oxygen atoms in total. The molecule has 0 fully saturated rings. The van der Waals surface area contributed by atoms with E-state index < -0.39 is 0 Å². The molecular weight excluding hydrogens is 332 g/mol. The van der Waals surface area contributed by atoms with Crippen LogP contribution in [0.3, 0.4) is 0 Å². The molecular formula is C21H19ClN2O. The van der Waals surface area contributed by atoms with Crippen molar-refractivity contribution in [2.24, 2.45) is 0 Å². The van der Waals surface area contributed by atoms with Gasteiger partial charge in [0.2, 0.25) is 0 Å². The number of nitrogens with zero attached hydrogens (tertiary/aromatic N) is 1. The molecule has 0 radical (unpaired) electrons. The fourth-order valence-electron chi connectivity index (χ4n) is 3.56. The van der Waals surface area contributed by atoms with Crippen molar-refractivity contribution in [1.82, 2.24) is 10.3 Å². The minimum absolute atomic E-state index is 0.0590. The van der Waals surface area contributed by atoms with E-state index in [4.69, 9.17) is 11.6 Å². The lowest BCUT2D eigenvalue weighted by molar-refractivity contribution is 0.0933. The van der Waals surface area contributed by atoms with Crippen LogP contribution >= 0.6 is 11.6 Å². The first kappa shape index (κ1) is 16.1. The molecule has 1 unspecified atom stereocenters. The summed E-state index contributed by atoms with van der Waals surface area (Å²) in [5.74, 6) is -0.0590. The SMILES string of the molecule is Cc1nc2ccc(Cl)cc2cc1C(=O)NC1CCc2ccccc2C1. The van der Waals surface area contributed by atoms with E-state index in [1.165, 1.54) is 11.1 Å². The molecule has 4 heteroatoms. The van der Waals surface area contributed by atoms with Gasteiger partial charge >= 0.3 is 0 Å². The summed E-state index contributed by atoms with van der Waals surface area (Å²) in [5.41, 5.74) is 4.94. The Kier molecular flexibility index (Phi) is 4.18. The van der Waals surface area contributed by atoms with Crippen LogP contribution in [0.5, 0.6) is 0 Å². The number of carbonyl (C=O) groups excluding carboxylic acids is 1. The molecule has 1 heterocycles. The molecule has 0 saturated carbocycles. The van der Waals surface area contributed by atoms with E-state index in [0.29, 0.717) is 10.6 Å². The van der Waals surface area contributed by atoms with Crippen molar-refractivity contribution in [3.63, 3.8) is 0 Å². The number of amides is 1. The highest BCUT2D eigenvalue weighted by atomic mass is 35.5. The van der Waals surface area contributed by atoms with Gasteiger partial charge in [0, 0.05) is 16.5 Å². The summed E-state index contributed by atoms with van der Waals surface area (Å²) in [5, 5.41) is 4.72. The summed E-state index contributed by atoms with van der Waals surface area (Å²) < 4.78 is 0. The predicted octanol–water partition coefficient (Wildman–Crippen LogP) is 4.48. The van der Waals surface area contributed by atoms with E-state index in [1.54, 1.807) is 0 Å². The van der Waals surface area contributed by atoms with Gasteiger partial charge in [-0.25, -0.2) is 0 Å². The molecule has 0 aliphatic heterocycles. The summed E-state index contributed by atoms with van der Waals surface area (Å²) in [6.07, 6.45) is 2.86. The molecule has 0 spiro atoms. The van der Waals surface area contributed by atoms with Crippen LogP contribution in [0.25, 0.3) is 10.9 Å². The first-order valence-corrected chi connectivity index (χ1v) is 8.92. The van der Waals surface area contributed by atoms with Gasteiger partial charge in [-0.1, -0.05) is 35.9 Å². The van der Waals surface area contributed by atoms with E-state index in [0.717, 1.165) is 35.9 Å². The Bertz CT molecular complexity index is 967. The van der Waals surface area contributed by atoms with Gasteiger partial charge in [0.05, 0.1) is 16.8 Å². The highest BCUT2D eigenvalue weighted by Gasteiger charge is 2.21. The minimum Gasteiger partial charge on any atom is -0.349 e. The normalized spacial score (nSPS) is 16.5. The fourth-order valence-corrected chi connectivity index (χ4v) is 3.74. The van der Waals surface area contributed by atoms with E-state index in [9.17, 15) is 4.79 Å². The molecule has 25 heavy (non-hydrogen) atoms. The van der Waals surface area contributed by atoms with Crippen LogP contribution < -0.4 is 5.32 Å². The Morgan fingerprint density at radius 2 is 1.96 bits per heavy atom. The number of carbonyl (C=O) groups is 1. The van der Waals surface area contributed by atoms with Crippen LogP contribution in [0.4, 0.5) is 0 Å². The predicted molar refractivity (Wildman–Crippen MR) is 101 cm³/mol. The topological polar surface area (TPSA) is 42.0 Å². The summed E-state index contributed by atoms with van der Waals surface area (Å²) in [4.78, 5) is 17.3. The first-order chi connectivity index (χ1) is 12.1. The zero-order valence-corrected chi connectivity index (χ0v) is 14.8. The van der Waals surface area contributed by atoms with Crippen LogP contribution in [0, 0.1) is 6.92 Å². The molecule has 126 valence electrons. The summed E-state index contributed by atoms with van der Waals surface area (Å²) in [6, 6.07) is 16.0. The zero-order chi connectivity index (χ0) is 17.4. The van der Waals surface area contributed by atoms with Gasteiger partial charge in [-0.3, -0.25) is 9.78 Å². The number of aromatic nitrogens is 1. The molecule has 0 bridgehead atoms. The average molecular weight is 351 g/mol. The van der Waals surface area contributed by atoms with Gasteiger partial charge in [-0.2, -0.15) is 0 Å². The Labute approximate surface area is 152 Å². The van der Waals surface area contributed by atoms with Gasteiger partial charge in [0.15, 0.2) is 0 Å². The monoisotopic (exact) mass is 350 g/mol. The second-order valence-corrected chi connectivity index (χ2v) is 7.08. The number of halogens is 1. The number of aryl methyl sites for hydroxylation is 2. The molecule has 1 aliphatic rings. The standard InChI is InChI=1S/C21H19ClN2O/c1-13-19(12-16-10-17(22)7-9-20(16)23-13)21(25)24-18-8-6-14-4-2-3-5-15(14)11-18/h2-5,7,9-10,12,18H,6,8,11H2,1H3,(H,24,25). The van der Waals surface area contributed by atoms with Crippen molar-refractivity contribution in [2.75, 3.05) is 0 Å². The minimum atomic E-state index is -0.0590. The smallest absolute Gasteiger partial charge is 0.253 e. The summed E-state index contributed by atoms with van der Waals surface area (Å²) in [6.45, 7) is 1.87. The Hall–Kier alpha value is -2.39. The summed E-state index contributed by atoms with van der Waals surface area (Å²) >= 11 is 6.07. The molecule has 1 atom stereocenters. The van der Waals surface area contributed by atoms with Crippen LogP contribution in [0.15, 0.2) is 48.5 Å². The molecule has 1 aromatic heterocycles. The Morgan fingerprint density at radius 3 is 2.80 bits per heavy atom. The maximum absolute atomic E-state index is 12.8. The number of nitrogens with one attached hydrogen (secondary N) is 1. The number of benzene rings is 2.